The van der Waals surface area contributed by atoms with Crippen molar-refractivity contribution in [3.05, 3.63) is 30.1 Å². The van der Waals surface area contributed by atoms with Crippen molar-refractivity contribution in [1.82, 2.24) is 14.8 Å². The summed E-state index contributed by atoms with van der Waals surface area (Å²) >= 11 is 0. The summed E-state index contributed by atoms with van der Waals surface area (Å²) < 4.78 is 0. The molecule has 1 saturated heterocycles. The molecular weight excluding hydrogens is 266 g/mol. The SMILES string of the molecule is CC(C)CN1CCN(C(C(=O)O)c2ccccn2)CC1C. The molecule has 5 heteroatoms. The molecule has 1 fully saturated rings. The van der Waals surface area contributed by atoms with Crippen LogP contribution in [0.5, 0.6) is 0 Å². The average Bonchev–Trinajstić information content (AvgIpc) is 2.42. The summed E-state index contributed by atoms with van der Waals surface area (Å²) in [6.07, 6.45) is 1.66. The highest BCUT2D eigenvalue weighted by Crippen LogP contribution is 2.23. The molecule has 0 radical (unpaired) electrons. The number of aliphatic carboxylic acids is 1. The highest BCUT2D eigenvalue weighted by atomic mass is 16.4. The maximum atomic E-state index is 11.7. The van der Waals surface area contributed by atoms with Crippen molar-refractivity contribution in [1.29, 1.82) is 0 Å². The van der Waals surface area contributed by atoms with Crippen LogP contribution >= 0.6 is 0 Å². The largest absolute Gasteiger partial charge is 0.480 e. The van der Waals surface area contributed by atoms with Gasteiger partial charge in [-0.15, -0.1) is 0 Å². The van der Waals surface area contributed by atoms with Crippen molar-refractivity contribution in [2.24, 2.45) is 5.92 Å². The Kier molecular flexibility index (Phi) is 5.31. The Balaban J connectivity index is 2.09. The molecule has 0 aromatic carbocycles. The number of pyridine rings is 1. The van der Waals surface area contributed by atoms with E-state index in [4.69, 9.17) is 0 Å². The summed E-state index contributed by atoms with van der Waals surface area (Å²) in [6, 6.07) is 5.17. The monoisotopic (exact) mass is 291 g/mol. The van der Waals surface area contributed by atoms with E-state index in [0.717, 1.165) is 26.2 Å². The number of nitrogens with zero attached hydrogens (tertiary/aromatic N) is 3. The minimum absolute atomic E-state index is 0.367. The quantitative estimate of drug-likeness (QED) is 0.897. The van der Waals surface area contributed by atoms with Gasteiger partial charge in [0, 0.05) is 38.4 Å². The van der Waals surface area contributed by atoms with Gasteiger partial charge in [0.15, 0.2) is 6.04 Å². The summed E-state index contributed by atoms with van der Waals surface area (Å²) in [5, 5.41) is 9.58. The summed E-state index contributed by atoms with van der Waals surface area (Å²) in [5.74, 6) is -0.191. The van der Waals surface area contributed by atoms with Crippen LogP contribution in [0.25, 0.3) is 0 Å². The number of carboxylic acids is 1. The number of hydrogen-bond acceptors (Lipinski definition) is 4. The first-order valence-corrected chi connectivity index (χ1v) is 7.61. The number of aromatic nitrogens is 1. The topological polar surface area (TPSA) is 56.7 Å². The Hall–Kier alpha value is -1.46. The van der Waals surface area contributed by atoms with Crippen molar-refractivity contribution in [3.8, 4) is 0 Å². The van der Waals surface area contributed by atoms with E-state index >= 15 is 0 Å². The first-order valence-electron chi connectivity index (χ1n) is 7.61. The lowest BCUT2D eigenvalue weighted by Crippen LogP contribution is -2.54. The van der Waals surface area contributed by atoms with Crippen LogP contribution < -0.4 is 0 Å². The molecule has 1 N–H and O–H groups in total. The molecule has 5 nitrogen and oxygen atoms in total. The van der Waals surface area contributed by atoms with Gasteiger partial charge in [0.1, 0.15) is 0 Å². The molecule has 0 saturated carbocycles. The molecule has 0 aliphatic carbocycles. The highest BCUT2D eigenvalue weighted by molar-refractivity contribution is 5.74. The van der Waals surface area contributed by atoms with E-state index < -0.39 is 12.0 Å². The van der Waals surface area contributed by atoms with Gasteiger partial charge in [-0.25, -0.2) is 0 Å². The smallest absolute Gasteiger partial charge is 0.327 e. The zero-order valence-electron chi connectivity index (χ0n) is 13.1. The highest BCUT2D eigenvalue weighted by Gasteiger charge is 2.33. The minimum atomic E-state index is -0.821. The fourth-order valence-electron chi connectivity index (χ4n) is 3.01. The van der Waals surface area contributed by atoms with E-state index in [-0.39, 0.29) is 0 Å². The van der Waals surface area contributed by atoms with Gasteiger partial charge in [-0.1, -0.05) is 19.9 Å². The summed E-state index contributed by atoms with van der Waals surface area (Å²) in [4.78, 5) is 20.4. The molecule has 116 valence electrons. The van der Waals surface area contributed by atoms with Gasteiger partial charge >= 0.3 is 5.97 Å². The molecule has 0 amide bonds. The second kappa shape index (κ2) is 7.00. The van der Waals surface area contributed by atoms with Gasteiger partial charge < -0.3 is 5.11 Å². The zero-order valence-corrected chi connectivity index (χ0v) is 13.1. The van der Waals surface area contributed by atoms with E-state index in [9.17, 15) is 9.90 Å². The minimum Gasteiger partial charge on any atom is -0.480 e. The van der Waals surface area contributed by atoms with Crippen LogP contribution in [0.2, 0.25) is 0 Å². The summed E-state index contributed by atoms with van der Waals surface area (Å²) in [5.41, 5.74) is 0.620. The van der Waals surface area contributed by atoms with Crippen LogP contribution in [0.3, 0.4) is 0 Å². The Morgan fingerprint density at radius 2 is 2.19 bits per heavy atom. The first kappa shape index (κ1) is 15.9. The number of carbonyl (C=O) groups is 1. The van der Waals surface area contributed by atoms with Crippen molar-refractivity contribution in [2.45, 2.75) is 32.9 Å². The van der Waals surface area contributed by atoms with Crippen LogP contribution in [-0.2, 0) is 4.79 Å². The van der Waals surface area contributed by atoms with Crippen molar-refractivity contribution in [2.75, 3.05) is 26.2 Å². The van der Waals surface area contributed by atoms with Crippen molar-refractivity contribution < 1.29 is 9.90 Å². The molecular formula is C16H25N3O2. The van der Waals surface area contributed by atoms with Crippen LogP contribution in [0.15, 0.2) is 24.4 Å². The molecule has 1 aromatic heterocycles. The van der Waals surface area contributed by atoms with Gasteiger partial charge in [0.2, 0.25) is 0 Å². The van der Waals surface area contributed by atoms with E-state index in [1.54, 1.807) is 12.3 Å². The van der Waals surface area contributed by atoms with Gasteiger partial charge in [0.05, 0.1) is 5.69 Å². The van der Waals surface area contributed by atoms with Gasteiger partial charge in [-0.05, 0) is 25.0 Å². The van der Waals surface area contributed by atoms with Crippen LogP contribution in [0.1, 0.15) is 32.5 Å². The lowest BCUT2D eigenvalue weighted by Gasteiger charge is -2.42. The van der Waals surface area contributed by atoms with E-state index in [2.05, 4.69) is 30.7 Å². The number of rotatable bonds is 5. The fraction of sp³-hybridized carbons (Fsp3) is 0.625. The maximum absolute atomic E-state index is 11.7. The molecule has 2 unspecified atom stereocenters. The lowest BCUT2D eigenvalue weighted by molar-refractivity contribution is -0.145. The molecule has 21 heavy (non-hydrogen) atoms. The van der Waals surface area contributed by atoms with Gasteiger partial charge in [-0.2, -0.15) is 0 Å². The molecule has 2 atom stereocenters. The Morgan fingerprint density at radius 3 is 2.71 bits per heavy atom. The van der Waals surface area contributed by atoms with Crippen LogP contribution in [0.4, 0.5) is 0 Å². The van der Waals surface area contributed by atoms with E-state index in [1.807, 2.05) is 17.0 Å². The summed E-state index contributed by atoms with van der Waals surface area (Å²) in [6.45, 7) is 10.1. The van der Waals surface area contributed by atoms with E-state index in [0.29, 0.717) is 17.7 Å². The second-order valence-corrected chi connectivity index (χ2v) is 6.23. The lowest BCUT2D eigenvalue weighted by atomic mass is 10.1. The number of carboxylic acid groups (broad SMARTS) is 1. The fourth-order valence-corrected chi connectivity index (χ4v) is 3.01. The van der Waals surface area contributed by atoms with Gasteiger partial charge in [0.25, 0.3) is 0 Å². The molecule has 1 aliphatic heterocycles. The molecule has 0 spiro atoms. The second-order valence-electron chi connectivity index (χ2n) is 6.23. The third-order valence-electron chi connectivity index (χ3n) is 3.96. The Labute approximate surface area is 126 Å². The van der Waals surface area contributed by atoms with Gasteiger partial charge in [-0.3, -0.25) is 19.6 Å². The van der Waals surface area contributed by atoms with Crippen LogP contribution in [0, 0.1) is 5.92 Å². The predicted octanol–water partition coefficient (Wildman–Crippen LogP) is 1.87. The Morgan fingerprint density at radius 1 is 1.43 bits per heavy atom. The predicted molar refractivity (Wildman–Crippen MR) is 82.1 cm³/mol. The molecule has 2 heterocycles. The summed E-state index contributed by atoms with van der Waals surface area (Å²) in [7, 11) is 0. The van der Waals surface area contributed by atoms with Crippen LogP contribution in [-0.4, -0.2) is 58.1 Å². The first-order chi connectivity index (χ1) is 9.99. The number of piperazine rings is 1. The Bertz CT molecular complexity index is 464. The standard InChI is InChI=1S/C16H25N3O2/c1-12(2)10-18-8-9-19(11-13(18)3)15(16(20)21)14-6-4-5-7-17-14/h4-7,12-13,15H,8-11H2,1-3H3,(H,20,21). The van der Waals surface area contributed by atoms with Crippen molar-refractivity contribution in [3.63, 3.8) is 0 Å². The normalized spacial score (nSPS) is 22.4. The van der Waals surface area contributed by atoms with E-state index in [1.165, 1.54) is 0 Å². The molecule has 2 rings (SSSR count). The molecule has 1 aromatic rings. The third kappa shape index (κ3) is 4.02. The number of hydrogen-bond donors (Lipinski definition) is 1. The molecule has 1 aliphatic rings. The van der Waals surface area contributed by atoms with Crippen molar-refractivity contribution >= 4 is 5.97 Å². The molecule has 0 bridgehead atoms. The third-order valence-corrected chi connectivity index (χ3v) is 3.96. The zero-order chi connectivity index (χ0) is 15.4. The average molecular weight is 291 g/mol. The maximum Gasteiger partial charge on any atom is 0.327 e.